The number of halogens is 2. The minimum absolute atomic E-state index is 0.00643. The molecule has 71 heavy (non-hydrogen) atoms. The fourth-order valence-corrected chi connectivity index (χ4v) is 11.6. The van der Waals surface area contributed by atoms with Crippen molar-refractivity contribution in [1.82, 2.24) is 48.3 Å². The molecule has 3 aromatic carbocycles. The molecule has 3 fully saturated rings. The Morgan fingerprint density at radius 1 is 0.944 bits per heavy atom. The van der Waals surface area contributed by atoms with Gasteiger partial charge in [0.1, 0.15) is 22.9 Å². The van der Waals surface area contributed by atoms with E-state index < -0.39 is 28.8 Å². The van der Waals surface area contributed by atoms with Crippen LogP contribution in [-0.2, 0) is 28.0 Å². The number of imidazole rings is 1. The average Bonchev–Trinajstić information content (AvgIpc) is 3.84. The van der Waals surface area contributed by atoms with Gasteiger partial charge in [-0.2, -0.15) is 10.2 Å². The molecule has 2 aliphatic carbocycles. The van der Waals surface area contributed by atoms with Gasteiger partial charge in [0.2, 0.25) is 0 Å². The predicted molar refractivity (Wildman–Crippen MR) is 260 cm³/mol. The molecule has 16 nitrogen and oxygen atoms in total. The molecule has 1 saturated heterocycles. The van der Waals surface area contributed by atoms with Crippen molar-refractivity contribution in [3.05, 3.63) is 139 Å². The van der Waals surface area contributed by atoms with Crippen LogP contribution in [0.1, 0.15) is 116 Å². The van der Waals surface area contributed by atoms with Gasteiger partial charge in [-0.3, -0.25) is 28.1 Å². The van der Waals surface area contributed by atoms with Gasteiger partial charge in [0.15, 0.2) is 11.6 Å². The van der Waals surface area contributed by atoms with Crippen LogP contribution >= 0.6 is 0 Å². The van der Waals surface area contributed by atoms with Crippen molar-refractivity contribution in [2.75, 3.05) is 26.4 Å². The van der Waals surface area contributed by atoms with Crippen molar-refractivity contribution in [2.24, 2.45) is 11.8 Å². The van der Waals surface area contributed by atoms with Crippen LogP contribution in [0, 0.1) is 37.3 Å². The molecule has 0 radical (unpaired) electrons. The first-order valence-electron chi connectivity index (χ1n) is 24.7. The first-order valence-corrected chi connectivity index (χ1v) is 24.7. The molecule has 368 valence electrons. The van der Waals surface area contributed by atoms with E-state index in [4.69, 9.17) is 19.1 Å². The summed E-state index contributed by atoms with van der Waals surface area (Å²) in [5.74, 6) is -0.317. The molecule has 0 unspecified atom stereocenters. The number of aryl methyl sites for hydroxylation is 2. The third kappa shape index (κ3) is 7.42. The molecule has 1 amide bonds. The minimum Gasteiger partial charge on any atom is -0.379 e. The third-order valence-electron chi connectivity index (χ3n) is 15.6. The van der Waals surface area contributed by atoms with Gasteiger partial charge in [-0.1, -0.05) is 18.1 Å². The summed E-state index contributed by atoms with van der Waals surface area (Å²) in [7, 11) is 0. The smallest absolute Gasteiger partial charge is 0.379 e. The number of carbonyl (C=O) groups excluding carboxylic acids is 1. The number of fused-ring (bicyclic) bond motifs is 3. The second kappa shape index (κ2) is 16.6. The van der Waals surface area contributed by atoms with E-state index in [1.807, 2.05) is 17.6 Å². The highest BCUT2D eigenvalue weighted by molar-refractivity contribution is 6.00. The Bertz CT molecular complexity index is 3540. The fraction of sp³-hybridized carbons (Fsp3) is 0.434. The Labute approximate surface area is 406 Å². The van der Waals surface area contributed by atoms with Crippen LogP contribution in [0.4, 0.5) is 8.78 Å². The maximum atomic E-state index is 16.6. The van der Waals surface area contributed by atoms with Gasteiger partial charge in [-0.25, -0.2) is 23.1 Å². The number of aromatic amines is 1. The summed E-state index contributed by atoms with van der Waals surface area (Å²) in [6.45, 7) is 14.1. The van der Waals surface area contributed by atoms with E-state index in [1.54, 1.807) is 58.6 Å². The number of amides is 1. The van der Waals surface area contributed by atoms with Crippen LogP contribution in [0.5, 0.6) is 0 Å². The lowest BCUT2D eigenvalue weighted by molar-refractivity contribution is -0.0592. The van der Waals surface area contributed by atoms with E-state index in [1.165, 1.54) is 34.4 Å². The zero-order chi connectivity index (χ0) is 49.2. The summed E-state index contributed by atoms with van der Waals surface area (Å²) < 4.78 is 56.8. The normalized spacial score (nSPS) is 21.9. The molecule has 1 N–H and O–H groups in total. The first-order chi connectivity index (χ1) is 34.1. The number of aromatic nitrogens is 9. The number of carbonyl (C=O) groups is 1. The number of nitrogens with zero attached hydrogens (tertiary/aromatic N) is 9. The number of H-pyrrole nitrogens is 1. The standard InChI is InChI=1S/C53H56F2N10O6/c1-29-21-37(22-30(2)45(29)54)65-47(62-17-16-61(51(62)68)42-12-11-41-38(46(42)55)27-56-63(41)18-20-69-28-33-7-8-33)44-32(4)60(15-13-39(44)58-65)48(66)43-24-36-23-34(35-14-19-70-52(5,6)26-35)9-10-40(36)64(43)53(25-31(53)3)49-57-50(67)71-59-49/h9-12,16-17,21-24,27,31-33,35H,7-8,13-15,18-20,25-26,28H2,1-6H3,(H,57,59,67)/t31-,32+,35-,53-/m0/s1. The molecular formula is C53H56F2N10O6. The molecular weight excluding hydrogens is 911 g/mol. The summed E-state index contributed by atoms with van der Waals surface area (Å²) in [6, 6.07) is 14.4. The second-order valence-electron chi connectivity index (χ2n) is 20.9. The van der Waals surface area contributed by atoms with Gasteiger partial charge in [-0.15, -0.1) is 0 Å². The highest BCUT2D eigenvalue weighted by Crippen LogP contribution is 2.56. The van der Waals surface area contributed by atoms with Crippen LogP contribution in [0.25, 0.3) is 39.0 Å². The van der Waals surface area contributed by atoms with Gasteiger partial charge < -0.3 is 18.9 Å². The first kappa shape index (κ1) is 45.2. The van der Waals surface area contributed by atoms with E-state index in [0.717, 1.165) is 29.3 Å². The van der Waals surface area contributed by atoms with Crippen LogP contribution in [0.3, 0.4) is 0 Å². The van der Waals surface area contributed by atoms with Gasteiger partial charge in [-0.05, 0) is 144 Å². The molecule has 8 aromatic rings. The van der Waals surface area contributed by atoms with Crippen molar-refractivity contribution in [1.29, 1.82) is 0 Å². The van der Waals surface area contributed by atoms with E-state index in [-0.39, 0.29) is 40.2 Å². The number of hydrogen-bond acceptors (Lipinski definition) is 9. The second-order valence-corrected chi connectivity index (χ2v) is 20.9. The number of benzene rings is 3. The molecule has 18 heteroatoms. The molecule has 4 aliphatic rings. The van der Waals surface area contributed by atoms with Gasteiger partial charge >= 0.3 is 11.4 Å². The van der Waals surface area contributed by atoms with E-state index in [0.29, 0.717) is 103 Å². The summed E-state index contributed by atoms with van der Waals surface area (Å²) in [5, 5.41) is 14.9. The van der Waals surface area contributed by atoms with E-state index in [9.17, 15) is 9.59 Å². The molecule has 0 bridgehead atoms. The van der Waals surface area contributed by atoms with Crippen molar-refractivity contribution < 1.29 is 27.6 Å². The quantitative estimate of drug-likeness (QED) is 0.119. The Hall–Kier alpha value is -6.92. The summed E-state index contributed by atoms with van der Waals surface area (Å²) in [6.07, 6.45) is 9.61. The zero-order valence-electron chi connectivity index (χ0n) is 40.7. The SMILES string of the molecule is Cc1cc(-n2nc3c(c2-n2ccn(-c4ccc5c(cnn5CCOCC5CC5)c4F)c2=O)[C@@H](C)N(C(=O)c2cc4cc([C@H]5CCOC(C)(C)C5)ccc4n2[C@@]2(c4noc(=O)[nH]4)C[C@@H]2C)CC3)cc(C)c1F. The fourth-order valence-electron chi connectivity index (χ4n) is 11.6. The maximum Gasteiger partial charge on any atom is 0.438 e. The summed E-state index contributed by atoms with van der Waals surface area (Å²) >= 11 is 0. The highest BCUT2D eigenvalue weighted by Gasteiger charge is 2.59. The van der Waals surface area contributed by atoms with Crippen molar-refractivity contribution in [3.63, 3.8) is 0 Å². The monoisotopic (exact) mass is 966 g/mol. The Morgan fingerprint density at radius 2 is 1.70 bits per heavy atom. The number of hydrogen-bond donors (Lipinski definition) is 1. The number of nitrogens with one attached hydrogen (secondary N) is 1. The average molecular weight is 967 g/mol. The van der Waals surface area contributed by atoms with Gasteiger partial charge in [0, 0.05) is 55.0 Å². The van der Waals surface area contributed by atoms with Crippen LogP contribution < -0.4 is 11.4 Å². The lowest BCUT2D eigenvalue weighted by Gasteiger charge is -2.35. The zero-order valence-corrected chi connectivity index (χ0v) is 40.7. The molecule has 4 atom stereocenters. The number of ether oxygens (including phenoxy) is 2. The Balaban J connectivity index is 0.956. The van der Waals surface area contributed by atoms with Crippen LogP contribution in [-0.4, -0.2) is 86.2 Å². The van der Waals surface area contributed by atoms with Crippen molar-refractivity contribution in [3.8, 4) is 17.2 Å². The van der Waals surface area contributed by atoms with Crippen molar-refractivity contribution >= 4 is 27.7 Å². The lowest BCUT2D eigenvalue weighted by atomic mass is 9.83. The Kier molecular flexibility index (Phi) is 10.6. The molecule has 5 aromatic heterocycles. The van der Waals surface area contributed by atoms with Crippen LogP contribution in [0.15, 0.2) is 81.2 Å². The maximum absolute atomic E-state index is 16.6. The Morgan fingerprint density at radius 3 is 2.42 bits per heavy atom. The summed E-state index contributed by atoms with van der Waals surface area (Å²) in [4.78, 5) is 47.6. The predicted octanol–water partition coefficient (Wildman–Crippen LogP) is 8.33. The third-order valence-corrected chi connectivity index (χ3v) is 15.6. The number of rotatable bonds is 12. The molecule has 0 spiro atoms. The topological polar surface area (TPSA) is 165 Å². The van der Waals surface area contributed by atoms with E-state index in [2.05, 4.69) is 54.2 Å². The molecule has 2 aliphatic heterocycles. The highest BCUT2D eigenvalue weighted by atomic mass is 19.1. The van der Waals surface area contributed by atoms with Crippen molar-refractivity contribution in [2.45, 2.75) is 110 Å². The molecule has 2 saturated carbocycles. The van der Waals surface area contributed by atoms with Gasteiger partial charge in [0.25, 0.3) is 5.91 Å². The molecule has 7 heterocycles. The lowest BCUT2D eigenvalue weighted by Crippen LogP contribution is -2.41. The molecule has 12 rings (SSSR count). The minimum atomic E-state index is -0.864. The van der Waals surface area contributed by atoms with Crippen LogP contribution in [0.2, 0.25) is 0 Å². The summed E-state index contributed by atoms with van der Waals surface area (Å²) in [5.41, 5.74) is 3.90. The van der Waals surface area contributed by atoms with Gasteiger partial charge in [0.05, 0.1) is 59.0 Å². The van der Waals surface area contributed by atoms with E-state index >= 15 is 13.6 Å². The largest absolute Gasteiger partial charge is 0.438 e.